The average molecular weight is 645 g/mol. The third kappa shape index (κ3) is 4.38. The van der Waals surface area contributed by atoms with Crippen molar-refractivity contribution in [3.63, 3.8) is 0 Å². The summed E-state index contributed by atoms with van der Waals surface area (Å²) in [5.74, 6) is -0.468. The van der Waals surface area contributed by atoms with Crippen LogP contribution in [0.25, 0.3) is 17.5 Å². The highest BCUT2D eigenvalue weighted by atomic mass is 79.9. The molecule has 0 N–H and O–H groups in total. The molecule has 0 saturated heterocycles. The van der Waals surface area contributed by atoms with Crippen molar-refractivity contribution in [2.45, 2.75) is 32.7 Å². The molecule has 0 saturated carbocycles. The molecule has 0 unspecified atom stereocenters. The first-order valence-corrected chi connectivity index (χ1v) is 15.3. The third-order valence-corrected chi connectivity index (χ3v) is 9.80. The van der Waals surface area contributed by atoms with Gasteiger partial charge in [0.15, 0.2) is 4.80 Å². The highest BCUT2D eigenvalue weighted by Gasteiger charge is 2.32. The van der Waals surface area contributed by atoms with Gasteiger partial charge in [-0.05, 0) is 91.4 Å². The Bertz CT molecular complexity index is 2090. The minimum atomic E-state index is -0.468. The van der Waals surface area contributed by atoms with E-state index in [2.05, 4.69) is 52.3 Å². The summed E-state index contributed by atoms with van der Waals surface area (Å²) >= 11 is 10.9. The molecule has 0 radical (unpaired) electrons. The summed E-state index contributed by atoms with van der Waals surface area (Å²) in [6.07, 6.45) is 3.70. The van der Waals surface area contributed by atoms with Gasteiger partial charge >= 0.3 is 0 Å². The first kappa shape index (κ1) is 26.4. The van der Waals surface area contributed by atoms with E-state index in [0.717, 1.165) is 51.1 Å². The number of nitrogens with zero attached hydrogens (tertiary/aromatic N) is 3. The number of halogens is 3. The molecule has 1 aliphatic carbocycles. The van der Waals surface area contributed by atoms with E-state index in [-0.39, 0.29) is 16.6 Å². The van der Waals surface area contributed by atoms with Crippen molar-refractivity contribution in [3.8, 4) is 5.69 Å². The third-order valence-electron chi connectivity index (χ3n) is 7.98. The average Bonchev–Trinajstić information content (AvgIpc) is 3.43. The number of hydrogen-bond donors (Lipinski definition) is 0. The van der Waals surface area contributed by atoms with Crippen molar-refractivity contribution in [2.24, 2.45) is 4.99 Å². The number of aryl methyl sites for hydroxylation is 2. The molecule has 5 aromatic rings. The molecule has 0 spiro atoms. The smallest absolute Gasteiger partial charge is 0.271 e. The predicted octanol–water partition coefficient (Wildman–Crippen LogP) is 7.28. The number of aromatic nitrogens is 2. The fourth-order valence-corrected chi connectivity index (χ4v) is 7.44. The van der Waals surface area contributed by atoms with E-state index in [1.807, 2.05) is 47.3 Å². The van der Waals surface area contributed by atoms with E-state index >= 15 is 0 Å². The number of hydrogen-bond acceptors (Lipinski definition) is 3. The molecule has 2 aromatic heterocycles. The Morgan fingerprint density at radius 1 is 1.05 bits per heavy atom. The Kier molecular flexibility index (Phi) is 6.49. The highest BCUT2D eigenvalue weighted by molar-refractivity contribution is 9.10. The summed E-state index contributed by atoms with van der Waals surface area (Å²) in [6, 6.07) is 23.2. The van der Waals surface area contributed by atoms with Crippen molar-refractivity contribution in [1.82, 2.24) is 9.13 Å². The molecule has 0 amide bonds. The molecule has 3 heterocycles. The minimum Gasteiger partial charge on any atom is -0.318 e. The predicted molar refractivity (Wildman–Crippen MR) is 167 cm³/mol. The lowest BCUT2D eigenvalue weighted by Gasteiger charge is -2.30. The SMILES string of the molecule is Cc1cc(/C=c2\sc3n(c2=O)[C@H](c2ccc(Br)cc2)C2=C(N=3)c3ccccc3CC2)c(C)n1-c1ccc(Cl)c(F)c1. The number of rotatable bonds is 3. The maximum Gasteiger partial charge on any atom is 0.271 e. The van der Waals surface area contributed by atoms with Gasteiger partial charge in [0, 0.05) is 27.1 Å². The Hall–Kier alpha value is -3.52. The molecular weight excluding hydrogens is 621 g/mol. The zero-order valence-electron chi connectivity index (χ0n) is 22.3. The van der Waals surface area contributed by atoms with Gasteiger partial charge in [0.1, 0.15) is 5.82 Å². The lowest BCUT2D eigenvalue weighted by atomic mass is 9.83. The van der Waals surface area contributed by atoms with E-state index in [4.69, 9.17) is 16.6 Å². The maximum absolute atomic E-state index is 14.3. The van der Waals surface area contributed by atoms with Crippen molar-refractivity contribution < 1.29 is 4.39 Å². The van der Waals surface area contributed by atoms with Gasteiger partial charge in [-0.2, -0.15) is 0 Å². The Balaban J connectivity index is 1.43. The summed E-state index contributed by atoms with van der Waals surface area (Å²) in [4.78, 5) is 19.9. The van der Waals surface area contributed by atoms with Crippen molar-refractivity contribution in [3.05, 3.63) is 147 Å². The largest absolute Gasteiger partial charge is 0.318 e. The van der Waals surface area contributed by atoms with Gasteiger partial charge in [0.2, 0.25) is 0 Å². The van der Waals surface area contributed by atoms with Crippen LogP contribution in [0.15, 0.2) is 92.6 Å². The van der Waals surface area contributed by atoms with E-state index in [1.54, 1.807) is 12.1 Å². The summed E-state index contributed by atoms with van der Waals surface area (Å²) in [5.41, 5.74) is 9.02. The zero-order chi connectivity index (χ0) is 28.4. The Morgan fingerprint density at radius 2 is 1.83 bits per heavy atom. The number of fused-ring (bicyclic) bond motifs is 3. The van der Waals surface area contributed by atoms with Gasteiger partial charge in [-0.25, -0.2) is 9.38 Å². The first-order valence-electron chi connectivity index (χ1n) is 13.3. The van der Waals surface area contributed by atoms with Crippen LogP contribution in [0.4, 0.5) is 4.39 Å². The van der Waals surface area contributed by atoms with E-state index in [1.165, 1.54) is 28.5 Å². The second-order valence-electron chi connectivity index (χ2n) is 10.4. The van der Waals surface area contributed by atoms with Gasteiger partial charge in [0.05, 0.1) is 21.3 Å². The fraction of sp³-hybridized carbons (Fsp3) is 0.152. The standard InChI is InChI=1S/C33H24BrClFN3OS/c1-18-15-22(19(2)38(18)24-12-14-27(35)28(36)17-24)16-29-32(40)39-31(21-7-10-23(34)11-8-21)26-13-9-20-5-3-4-6-25(20)30(26)37-33(39)41-29/h3-8,10-12,14-17,31H,9,13H2,1-2H3/b29-16-/t31-/m1/s1. The molecule has 8 heteroatoms. The molecule has 0 bridgehead atoms. The summed E-state index contributed by atoms with van der Waals surface area (Å²) in [6.45, 7) is 3.94. The first-order chi connectivity index (χ1) is 19.8. The number of allylic oxidation sites excluding steroid dienone is 1. The zero-order valence-corrected chi connectivity index (χ0v) is 25.4. The molecule has 2 aliphatic rings. The highest BCUT2D eigenvalue weighted by Crippen LogP contribution is 2.41. The molecule has 7 rings (SSSR count). The van der Waals surface area contributed by atoms with Crippen molar-refractivity contribution in [2.75, 3.05) is 0 Å². The van der Waals surface area contributed by atoms with Crippen LogP contribution in [0.5, 0.6) is 0 Å². The Labute approximate surface area is 253 Å². The van der Waals surface area contributed by atoms with Crippen LogP contribution < -0.4 is 14.9 Å². The van der Waals surface area contributed by atoms with Gasteiger partial charge in [-0.1, -0.05) is 75.3 Å². The lowest BCUT2D eigenvalue weighted by molar-refractivity contribution is 0.585. The molecule has 1 aliphatic heterocycles. The summed E-state index contributed by atoms with van der Waals surface area (Å²) < 4.78 is 19.7. The van der Waals surface area contributed by atoms with Crippen LogP contribution in [0, 0.1) is 19.7 Å². The molecule has 4 nitrogen and oxygen atoms in total. The molecule has 1 atom stereocenters. The van der Waals surface area contributed by atoms with Crippen LogP contribution in [0.3, 0.4) is 0 Å². The van der Waals surface area contributed by atoms with Crippen molar-refractivity contribution in [1.29, 1.82) is 0 Å². The van der Waals surface area contributed by atoms with E-state index < -0.39 is 5.82 Å². The monoisotopic (exact) mass is 643 g/mol. The molecular formula is C33H24BrClFN3OS. The molecule has 41 heavy (non-hydrogen) atoms. The minimum absolute atomic E-state index is 0.0607. The van der Waals surface area contributed by atoms with Gasteiger partial charge in [-0.3, -0.25) is 9.36 Å². The summed E-state index contributed by atoms with van der Waals surface area (Å²) in [5, 5.41) is 0.0863. The molecule has 204 valence electrons. The Morgan fingerprint density at radius 3 is 2.61 bits per heavy atom. The summed E-state index contributed by atoms with van der Waals surface area (Å²) in [7, 11) is 0. The van der Waals surface area contributed by atoms with Crippen LogP contribution in [-0.4, -0.2) is 9.13 Å². The van der Waals surface area contributed by atoms with Crippen LogP contribution in [0.2, 0.25) is 5.02 Å². The van der Waals surface area contributed by atoms with Gasteiger partial charge in [-0.15, -0.1) is 0 Å². The maximum atomic E-state index is 14.3. The van der Waals surface area contributed by atoms with Crippen molar-refractivity contribution >= 4 is 50.6 Å². The van der Waals surface area contributed by atoms with Crippen LogP contribution in [0.1, 0.15) is 46.1 Å². The second kappa shape index (κ2) is 10.1. The second-order valence-corrected chi connectivity index (χ2v) is 12.8. The quantitative estimate of drug-likeness (QED) is 0.204. The topological polar surface area (TPSA) is 39.3 Å². The van der Waals surface area contributed by atoms with E-state index in [9.17, 15) is 9.18 Å². The van der Waals surface area contributed by atoms with Gasteiger partial charge in [0.25, 0.3) is 5.56 Å². The number of benzene rings is 3. The molecule has 0 fully saturated rings. The fourth-order valence-electron chi connectivity index (χ4n) is 6.06. The van der Waals surface area contributed by atoms with Crippen LogP contribution >= 0.6 is 38.9 Å². The van der Waals surface area contributed by atoms with Crippen LogP contribution in [-0.2, 0) is 6.42 Å². The lowest BCUT2D eigenvalue weighted by Crippen LogP contribution is -2.38. The number of thiazole rings is 1. The normalized spacial score (nSPS) is 16.3. The van der Waals surface area contributed by atoms with E-state index in [0.29, 0.717) is 15.0 Å². The van der Waals surface area contributed by atoms with Gasteiger partial charge < -0.3 is 4.57 Å². The molecule has 3 aromatic carbocycles.